The number of hydrogen-bond donors (Lipinski definition) is 3. The summed E-state index contributed by atoms with van der Waals surface area (Å²) < 4.78 is 17.2. The van der Waals surface area contributed by atoms with Crippen molar-refractivity contribution in [3.05, 3.63) is 65.2 Å². The lowest BCUT2D eigenvalue weighted by molar-refractivity contribution is 0.338. The highest BCUT2D eigenvalue weighted by Gasteiger charge is 2.30. The molecule has 0 radical (unpaired) electrons. The second kappa shape index (κ2) is 7.75. The van der Waals surface area contributed by atoms with Crippen LogP contribution in [-0.4, -0.2) is 16.4 Å². The Kier molecular flexibility index (Phi) is 5.97. The van der Waals surface area contributed by atoms with Crippen LogP contribution in [0.15, 0.2) is 48.5 Å². The average Bonchev–Trinajstić information content (AvgIpc) is 2.50. The Morgan fingerprint density at radius 1 is 1.13 bits per heavy atom. The molecule has 0 saturated heterocycles. The third-order valence-electron chi connectivity index (χ3n) is 3.59. The Hall–Kier alpha value is -1.65. The molecule has 0 fully saturated rings. The molecule has 2 rings (SSSR count). The summed E-state index contributed by atoms with van der Waals surface area (Å²) in [6.45, 7) is 4.79. The number of nitrogens with one attached hydrogen (secondary N) is 1. The lowest BCUT2D eigenvalue weighted by Gasteiger charge is -2.21. The molecule has 0 aromatic heterocycles. The third-order valence-corrected chi connectivity index (χ3v) is 4.74. The second-order valence-corrected chi connectivity index (χ2v) is 7.00. The van der Waals surface area contributed by atoms with Gasteiger partial charge in [0.2, 0.25) is 0 Å². The monoisotopic (exact) mass is 335 g/mol. The van der Waals surface area contributed by atoms with Crippen LogP contribution >= 0.6 is 7.60 Å². The maximum absolute atomic E-state index is 11.8. The van der Waals surface area contributed by atoms with Gasteiger partial charge < -0.3 is 14.5 Å². The first-order valence-electron chi connectivity index (χ1n) is 7.47. The first-order valence-corrected chi connectivity index (χ1v) is 9.16. The summed E-state index contributed by atoms with van der Waals surface area (Å²) in [5.74, 6) is -0.364. The molecule has 0 aliphatic carbocycles. The van der Waals surface area contributed by atoms with Crippen LogP contribution < -0.4 is 10.1 Å². The molecule has 5 nitrogen and oxygen atoms in total. The van der Waals surface area contributed by atoms with Gasteiger partial charge in [-0.15, -0.1) is 0 Å². The van der Waals surface area contributed by atoms with Gasteiger partial charge in [0.1, 0.15) is 11.5 Å². The minimum Gasteiger partial charge on any atom is -0.494 e. The quantitative estimate of drug-likeness (QED) is 0.676. The Morgan fingerprint density at radius 2 is 1.78 bits per heavy atom. The molecule has 23 heavy (non-hydrogen) atoms. The van der Waals surface area contributed by atoms with Crippen molar-refractivity contribution in [2.45, 2.75) is 26.2 Å². The zero-order valence-electron chi connectivity index (χ0n) is 13.3. The molecule has 2 aromatic carbocycles. The molecule has 3 N–H and O–H groups in total. The van der Waals surface area contributed by atoms with E-state index in [-0.39, 0.29) is 0 Å². The van der Waals surface area contributed by atoms with Crippen molar-refractivity contribution < 1.29 is 19.1 Å². The highest BCUT2D eigenvalue weighted by Crippen LogP contribution is 2.50. The maximum atomic E-state index is 11.8. The van der Waals surface area contributed by atoms with Gasteiger partial charge >= 0.3 is 7.60 Å². The topological polar surface area (TPSA) is 78.8 Å². The van der Waals surface area contributed by atoms with Crippen molar-refractivity contribution in [3.63, 3.8) is 0 Å². The molecule has 6 heteroatoms. The van der Waals surface area contributed by atoms with Crippen LogP contribution in [0.1, 0.15) is 29.4 Å². The standard InChI is InChI=1S/C17H22NO4P/c1-3-22-16-10-8-14(9-11-16)17(23(19,20)21)18-12-15-7-5-4-6-13(15)2/h4-11,17-18H,3,12H2,1-2H3,(H2,19,20,21). The fourth-order valence-corrected chi connectivity index (χ4v) is 3.25. The van der Waals surface area contributed by atoms with Crippen LogP contribution in [0.4, 0.5) is 0 Å². The van der Waals surface area contributed by atoms with Gasteiger partial charge in [-0.25, -0.2) is 0 Å². The number of aryl methyl sites for hydroxylation is 1. The van der Waals surface area contributed by atoms with Crippen LogP contribution in [0.5, 0.6) is 5.75 Å². The van der Waals surface area contributed by atoms with Gasteiger partial charge in [-0.1, -0.05) is 36.4 Å². The van der Waals surface area contributed by atoms with E-state index < -0.39 is 13.4 Å². The van der Waals surface area contributed by atoms with E-state index in [4.69, 9.17) is 4.74 Å². The van der Waals surface area contributed by atoms with Crippen LogP contribution in [0.2, 0.25) is 0 Å². The van der Waals surface area contributed by atoms with Gasteiger partial charge in [-0.2, -0.15) is 0 Å². The van der Waals surface area contributed by atoms with E-state index in [1.54, 1.807) is 24.3 Å². The van der Waals surface area contributed by atoms with Crippen LogP contribution in [0, 0.1) is 6.92 Å². The Labute approximate surface area is 136 Å². The lowest BCUT2D eigenvalue weighted by atomic mass is 10.1. The van der Waals surface area contributed by atoms with E-state index in [1.165, 1.54) is 0 Å². The number of ether oxygens (including phenoxy) is 1. The Balaban J connectivity index is 2.17. The summed E-state index contributed by atoms with van der Waals surface area (Å²) in [5, 5.41) is 2.98. The fourth-order valence-electron chi connectivity index (χ4n) is 2.36. The highest BCUT2D eigenvalue weighted by atomic mass is 31.2. The molecule has 0 heterocycles. The van der Waals surface area contributed by atoms with Gasteiger partial charge in [0.05, 0.1) is 6.61 Å². The van der Waals surface area contributed by atoms with E-state index in [2.05, 4.69) is 5.32 Å². The molecule has 0 aliphatic rings. The summed E-state index contributed by atoms with van der Waals surface area (Å²) in [5.41, 5.74) is 2.63. The van der Waals surface area contributed by atoms with E-state index >= 15 is 0 Å². The summed E-state index contributed by atoms with van der Waals surface area (Å²) >= 11 is 0. The molecular weight excluding hydrogens is 313 g/mol. The van der Waals surface area contributed by atoms with Gasteiger partial charge in [0, 0.05) is 6.54 Å². The minimum absolute atomic E-state index is 0.385. The highest BCUT2D eigenvalue weighted by molar-refractivity contribution is 7.52. The van der Waals surface area contributed by atoms with Crippen molar-refractivity contribution in [1.29, 1.82) is 0 Å². The fraction of sp³-hybridized carbons (Fsp3) is 0.294. The predicted octanol–water partition coefficient (Wildman–Crippen LogP) is 3.36. The van der Waals surface area contributed by atoms with Crippen LogP contribution in [-0.2, 0) is 11.1 Å². The van der Waals surface area contributed by atoms with Crippen molar-refractivity contribution >= 4 is 7.60 Å². The van der Waals surface area contributed by atoms with Gasteiger partial charge in [-0.3, -0.25) is 9.88 Å². The Bertz CT molecular complexity index is 681. The minimum atomic E-state index is -4.33. The van der Waals surface area contributed by atoms with E-state index in [0.717, 1.165) is 11.1 Å². The van der Waals surface area contributed by atoms with E-state index in [1.807, 2.05) is 38.1 Å². The zero-order valence-corrected chi connectivity index (χ0v) is 14.2. The smallest absolute Gasteiger partial charge is 0.346 e. The molecule has 0 saturated carbocycles. The summed E-state index contributed by atoms with van der Waals surface area (Å²) in [4.78, 5) is 19.3. The molecular formula is C17H22NO4P. The van der Waals surface area contributed by atoms with Crippen molar-refractivity contribution in [1.82, 2.24) is 5.32 Å². The van der Waals surface area contributed by atoms with Gasteiger partial charge in [0.15, 0.2) is 0 Å². The molecule has 2 aromatic rings. The molecule has 0 amide bonds. The second-order valence-electron chi connectivity index (χ2n) is 5.30. The number of hydrogen-bond acceptors (Lipinski definition) is 3. The summed E-state index contributed by atoms with van der Waals surface area (Å²) in [7, 11) is -4.33. The van der Waals surface area contributed by atoms with E-state index in [0.29, 0.717) is 24.5 Å². The molecule has 0 aliphatic heterocycles. The molecule has 124 valence electrons. The van der Waals surface area contributed by atoms with Gasteiger partial charge in [-0.05, 0) is 42.7 Å². The first kappa shape index (κ1) is 17.7. The SMILES string of the molecule is CCOc1ccc(C(NCc2ccccc2C)P(=O)(O)O)cc1. The lowest BCUT2D eigenvalue weighted by Crippen LogP contribution is -2.21. The zero-order chi connectivity index (χ0) is 16.9. The summed E-state index contributed by atoms with van der Waals surface area (Å²) in [6, 6.07) is 14.6. The molecule has 1 atom stereocenters. The predicted molar refractivity (Wildman–Crippen MR) is 90.4 cm³/mol. The van der Waals surface area contributed by atoms with Crippen molar-refractivity contribution in [2.24, 2.45) is 0 Å². The van der Waals surface area contributed by atoms with Crippen molar-refractivity contribution in [3.8, 4) is 5.75 Å². The van der Waals surface area contributed by atoms with Crippen molar-refractivity contribution in [2.75, 3.05) is 6.61 Å². The summed E-state index contributed by atoms with van der Waals surface area (Å²) in [6.07, 6.45) is 0. The maximum Gasteiger partial charge on any atom is 0.346 e. The molecule has 0 bridgehead atoms. The number of rotatable bonds is 7. The third kappa shape index (κ3) is 4.91. The normalized spacial score (nSPS) is 12.9. The number of benzene rings is 2. The van der Waals surface area contributed by atoms with Crippen LogP contribution in [0.3, 0.4) is 0 Å². The average molecular weight is 335 g/mol. The first-order chi connectivity index (χ1) is 10.9. The molecule has 0 spiro atoms. The van der Waals surface area contributed by atoms with Crippen LogP contribution in [0.25, 0.3) is 0 Å². The van der Waals surface area contributed by atoms with E-state index in [9.17, 15) is 14.4 Å². The molecule has 1 unspecified atom stereocenters. The largest absolute Gasteiger partial charge is 0.494 e. The van der Waals surface area contributed by atoms with Gasteiger partial charge in [0.25, 0.3) is 0 Å². The Morgan fingerprint density at radius 3 is 2.35 bits per heavy atom.